The molecule has 3 aromatic carbocycles. The first-order valence-corrected chi connectivity index (χ1v) is 10.8. The summed E-state index contributed by atoms with van der Waals surface area (Å²) in [5, 5.41) is 2.57. The Kier molecular flexibility index (Phi) is 7.01. The number of esters is 1. The summed E-state index contributed by atoms with van der Waals surface area (Å²) < 4.78 is 48.6. The van der Waals surface area contributed by atoms with E-state index in [9.17, 15) is 22.8 Å². The van der Waals surface area contributed by atoms with Crippen LogP contribution in [0.25, 0.3) is 11.1 Å². The Morgan fingerprint density at radius 2 is 1.66 bits per heavy atom. The number of hydrogen-bond donors (Lipinski definition) is 1. The zero-order valence-corrected chi connectivity index (χ0v) is 18.7. The van der Waals surface area contributed by atoms with Crippen LogP contribution in [0.3, 0.4) is 0 Å². The number of hydrogen-bond acceptors (Lipinski definition) is 3. The molecule has 8 heteroatoms. The standard InChI is InChI=1S/C27H21F3N2O3/c1-2-35-27(34)25-24(31-26(33)21-12-11-20(29)14-23(21)30)22(18-9-6-10-19(28)13-18)16-32(25)15-17-7-4-3-5-8-17/h3-14,16H,2,15H2,1H3,(H,31,33). The second-order valence-electron chi connectivity index (χ2n) is 7.69. The molecule has 0 spiro atoms. The number of ether oxygens (including phenoxy) is 1. The van der Waals surface area contributed by atoms with Gasteiger partial charge in [0.1, 0.15) is 17.5 Å². The van der Waals surface area contributed by atoms with Crippen molar-refractivity contribution in [2.45, 2.75) is 13.5 Å². The normalized spacial score (nSPS) is 10.7. The smallest absolute Gasteiger partial charge is 0.357 e. The van der Waals surface area contributed by atoms with Gasteiger partial charge in [0, 0.05) is 24.4 Å². The number of anilines is 1. The summed E-state index contributed by atoms with van der Waals surface area (Å²) in [5.74, 6) is -4.03. The fourth-order valence-electron chi connectivity index (χ4n) is 3.74. The lowest BCUT2D eigenvalue weighted by molar-refractivity contribution is 0.0515. The van der Waals surface area contributed by atoms with E-state index in [4.69, 9.17) is 4.74 Å². The molecule has 0 unspecified atom stereocenters. The first kappa shape index (κ1) is 23.8. The predicted molar refractivity (Wildman–Crippen MR) is 126 cm³/mol. The Morgan fingerprint density at radius 1 is 0.914 bits per heavy atom. The van der Waals surface area contributed by atoms with Gasteiger partial charge in [-0.15, -0.1) is 0 Å². The van der Waals surface area contributed by atoms with Gasteiger partial charge in [0.15, 0.2) is 5.69 Å². The molecule has 1 aromatic heterocycles. The van der Waals surface area contributed by atoms with E-state index in [-0.39, 0.29) is 24.5 Å². The lowest BCUT2D eigenvalue weighted by atomic mass is 10.1. The molecule has 178 valence electrons. The zero-order chi connectivity index (χ0) is 24.9. The number of rotatable bonds is 7. The van der Waals surface area contributed by atoms with Gasteiger partial charge >= 0.3 is 5.97 Å². The first-order valence-electron chi connectivity index (χ1n) is 10.8. The lowest BCUT2D eigenvalue weighted by Gasteiger charge is -2.13. The highest BCUT2D eigenvalue weighted by Crippen LogP contribution is 2.35. The van der Waals surface area contributed by atoms with Gasteiger partial charge in [-0.1, -0.05) is 42.5 Å². The minimum atomic E-state index is -1.06. The van der Waals surface area contributed by atoms with E-state index in [1.807, 2.05) is 30.3 Å². The van der Waals surface area contributed by atoms with Crippen molar-refractivity contribution in [2.24, 2.45) is 0 Å². The minimum Gasteiger partial charge on any atom is -0.461 e. The van der Waals surface area contributed by atoms with Crippen LogP contribution in [0.2, 0.25) is 0 Å². The van der Waals surface area contributed by atoms with Crippen LogP contribution in [0, 0.1) is 17.5 Å². The average Bonchev–Trinajstić information content (AvgIpc) is 3.17. The molecule has 1 heterocycles. The summed E-state index contributed by atoms with van der Waals surface area (Å²) in [6, 6.07) is 17.5. The molecule has 35 heavy (non-hydrogen) atoms. The van der Waals surface area contributed by atoms with Crippen LogP contribution in [-0.4, -0.2) is 23.1 Å². The second-order valence-corrected chi connectivity index (χ2v) is 7.69. The Balaban J connectivity index is 1.88. The van der Waals surface area contributed by atoms with Gasteiger partial charge in [0.05, 0.1) is 17.9 Å². The Labute approximate surface area is 199 Å². The van der Waals surface area contributed by atoms with Crippen LogP contribution >= 0.6 is 0 Å². The Hall–Kier alpha value is -4.33. The van der Waals surface area contributed by atoms with Crippen molar-refractivity contribution in [2.75, 3.05) is 11.9 Å². The molecular formula is C27H21F3N2O3. The second kappa shape index (κ2) is 10.3. The number of carbonyl (C=O) groups is 2. The SMILES string of the molecule is CCOC(=O)c1c(NC(=O)c2ccc(F)cc2F)c(-c2cccc(F)c2)cn1Cc1ccccc1. The van der Waals surface area contributed by atoms with Crippen LogP contribution < -0.4 is 5.32 Å². The molecule has 1 amide bonds. The number of amides is 1. The summed E-state index contributed by atoms with van der Waals surface area (Å²) in [4.78, 5) is 26.0. The molecule has 0 fully saturated rings. The van der Waals surface area contributed by atoms with Gasteiger partial charge in [0.2, 0.25) is 0 Å². The molecule has 0 bridgehead atoms. The molecule has 0 atom stereocenters. The summed E-state index contributed by atoms with van der Waals surface area (Å²) in [6.07, 6.45) is 1.60. The van der Waals surface area contributed by atoms with Crippen molar-refractivity contribution in [1.82, 2.24) is 4.57 Å². The quantitative estimate of drug-likeness (QED) is 0.329. The van der Waals surface area contributed by atoms with Crippen LogP contribution in [0.4, 0.5) is 18.9 Å². The first-order chi connectivity index (χ1) is 16.9. The molecule has 0 saturated carbocycles. The molecule has 0 aliphatic heterocycles. The number of nitrogens with one attached hydrogen (secondary N) is 1. The highest BCUT2D eigenvalue weighted by atomic mass is 19.1. The zero-order valence-electron chi connectivity index (χ0n) is 18.7. The van der Waals surface area contributed by atoms with Crippen LogP contribution in [0.1, 0.15) is 33.3 Å². The Bertz CT molecular complexity index is 1380. The lowest BCUT2D eigenvalue weighted by Crippen LogP contribution is -2.19. The maximum atomic E-state index is 14.3. The summed E-state index contributed by atoms with van der Waals surface area (Å²) in [6.45, 7) is 1.96. The van der Waals surface area contributed by atoms with Crippen molar-refractivity contribution in [1.29, 1.82) is 0 Å². The van der Waals surface area contributed by atoms with Gasteiger partial charge in [-0.05, 0) is 42.3 Å². The maximum Gasteiger partial charge on any atom is 0.357 e. The summed E-state index contributed by atoms with van der Waals surface area (Å²) in [5.41, 5.74) is 1.20. The van der Waals surface area contributed by atoms with Crippen molar-refractivity contribution >= 4 is 17.6 Å². The van der Waals surface area contributed by atoms with Gasteiger partial charge < -0.3 is 14.6 Å². The fourth-order valence-corrected chi connectivity index (χ4v) is 3.74. The average molecular weight is 478 g/mol. The number of aromatic nitrogens is 1. The fraction of sp³-hybridized carbons (Fsp3) is 0.111. The third kappa shape index (κ3) is 5.27. The minimum absolute atomic E-state index is 0.00540. The van der Waals surface area contributed by atoms with E-state index in [1.54, 1.807) is 23.8 Å². The molecule has 0 radical (unpaired) electrons. The molecule has 1 N–H and O–H groups in total. The van der Waals surface area contributed by atoms with Gasteiger partial charge in [-0.2, -0.15) is 0 Å². The van der Waals surface area contributed by atoms with E-state index < -0.39 is 34.9 Å². The van der Waals surface area contributed by atoms with Gasteiger partial charge in [-0.3, -0.25) is 4.79 Å². The molecule has 0 aliphatic carbocycles. The molecule has 5 nitrogen and oxygen atoms in total. The van der Waals surface area contributed by atoms with Crippen molar-refractivity contribution in [3.63, 3.8) is 0 Å². The molecular weight excluding hydrogens is 457 g/mol. The maximum absolute atomic E-state index is 14.3. The van der Waals surface area contributed by atoms with Crippen molar-refractivity contribution in [3.8, 4) is 11.1 Å². The number of nitrogens with zero attached hydrogens (tertiary/aromatic N) is 1. The third-order valence-corrected chi connectivity index (χ3v) is 5.29. The predicted octanol–water partition coefficient (Wildman–Crippen LogP) is 6.05. The van der Waals surface area contributed by atoms with E-state index in [2.05, 4.69) is 5.32 Å². The number of halogens is 3. The highest BCUT2D eigenvalue weighted by molar-refractivity contribution is 6.11. The molecule has 0 aliphatic rings. The molecule has 4 rings (SSSR count). The largest absolute Gasteiger partial charge is 0.461 e. The summed E-state index contributed by atoms with van der Waals surface area (Å²) >= 11 is 0. The van der Waals surface area contributed by atoms with Crippen molar-refractivity contribution in [3.05, 3.63) is 113 Å². The molecule has 0 saturated heterocycles. The van der Waals surface area contributed by atoms with Crippen LogP contribution in [0.15, 0.2) is 79.0 Å². The van der Waals surface area contributed by atoms with E-state index >= 15 is 0 Å². The monoisotopic (exact) mass is 478 g/mol. The van der Waals surface area contributed by atoms with E-state index in [0.29, 0.717) is 17.2 Å². The van der Waals surface area contributed by atoms with Gasteiger partial charge in [0.25, 0.3) is 5.91 Å². The van der Waals surface area contributed by atoms with Crippen LogP contribution in [0.5, 0.6) is 0 Å². The topological polar surface area (TPSA) is 60.3 Å². The van der Waals surface area contributed by atoms with E-state index in [1.165, 1.54) is 18.2 Å². The van der Waals surface area contributed by atoms with E-state index in [0.717, 1.165) is 17.7 Å². The van der Waals surface area contributed by atoms with Crippen molar-refractivity contribution < 1.29 is 27.5 Å². The number of benzene rings is 3. The molecule has 4 aromatic rings. The third-order valence-electron chi connectivity index (χ3n) is 5.29. The highest BCUT2D eigenvalue weighted by Gasteiger charge is 2.27. The van der Waals surface area contributed by atoms with Crippen LogP contribution in [-0.2, 0) is 11.3 Å². The Morgan fingerprint density at radius 3 is 2.34 bits per heavy atom. The summed E-state index contributed by atoms with van der Waals surface area (Å²) in [7, 11) is 0. The number of carbonyl (C=O) groups excluding carboxylic acids is 2. The van der Waals surface area contributed by atoms with Gasteiger partial charge in [-0.25, -0.2) is 18.0 Å².